The SMILES string of the molecule is Cc1nc2ccc(NC(=O)Cc3ccc(S(=O)(=O)N4CCCCC4)cc3)cc2s1. The molecular weight excluding hydrogens is 406 g/mol. The number of aromatic nitrogens is 1. The molecule has 8 heteroatoms. The zero-order valence-electron chi connectivity index (χ0n) is 16.2. The van der Waals surface area contributed by atoms with E-state index in [0.29, 0.717) is 13.1 Å². The number of piperidine rings is 1. The molecule has 2 aromatic carbocycles. The summed E-state index contributed by atoms with van der Waals surface area (Å²) < 4.78 is 28.0. The maximum absolute atomic E-state index is 12.7. The van der Waals surface area contributed by atoms with Gasteiger partial charge in [0.15, 0.2) is 0 Å². The van der Waals surface area contributed by atoms with Gasteiger partial charge in [-0.25, -0.2) is 13.4 Å². The molecular formula is C21H23N3O3S2. The minimum absolute atomic E-state index is 0.141. The van der Waals surface area contributed by atoms with Gasteiger partial charge in [-0.15, -0.1) is 11.3 Å². The fourth-order valence-corrected chi connectivity index (χ4v) is 5.93. The molecule has 0 aliphatic carbocycles. The number of aryl methyl sites for hydroxylation is 1. The predicted molar refractivity (Wildman–Crippen MR) is 116 cm³/mol. The highest BCUT2D eigenvalue weighted by molar-refractivity contribution is 7.89. The van der Waals surface area contributed by atoms with Crippen LogP contribution >= 0.6 is 11.3 Å². The number of sulfonamides is 1. The maximum atomic E-state index is 12.7. The van der Waals surface area contributed by atoms with E-state index >= 15 is 0 Å². The van der Waals surface area contributed by atoms with E-state index in [0.717, 1.165) is 45.7 Å². The van der Waals surface area contributed by atoms with Gasteiger partial charge >= 0.3 is 0 Å². The number of nitrogens with zero attached hydrogens (tertiary/aromatic N) is 2. The molecule has 1 amide bonds. The van der Waals surface area contributed by atoms with Gasteiger partial charge in [0.25, 0.3) is 0 Å². The van der Waals surface area contributed by atoms with Crippen molar-refractivity contribution in [3.63, 3.8) is 0 Å². The Hall–Kier alpha value is -2.29. The second-order valence-corrected chi connectivity index (χ2v) is 10.4. The number of nitrogens with one attached hydrogen (secondary N) is 1. The standard InChI is InChI=1S/C21H23N3O3S2/c1-15-22-19-10-7-17(14-20(19)28-15)23-21(25)13-16-5-8-18(9-6-16)29(26,27)24-11-3-2-4-12-24/h5-10,14H,2-4,11-13H2,1H3,(H,23,25). The monoisotopic (exact) mass is 429 g/mol. The normalized spacial score (nSPS) is 15.5. The lowest BCUT2D eigenvalue weighted by Gasteiger charge is -2.25. The minimum Gasteiger partial charge on any atom is -0.326 e. The molecule has 1 N–H and O–H groups in total. The molecule has 1 aliphatic rings. The Morgan fingerprint density at radius 3 is 2.55 bits per heavy atom. The van der Waals surface area contributed by atoms with Crippen molar-refractivity contribution in [1.82, 2.24) is 9.29 Å². The van der Waals surface area contributed by atoms with Gasteiger partial charge in [0.05, 0.1) is 26.5 Å². The van der Waals surface area contributed by atoms with Crippen molar-refractivity contribution >= 4 is 43.2 Å². The van der Waals surface area contributed by atoms with E-state index in [2.05, 4.69) is 10.3 Å². The fourth-order valence-electron chi connectivity index (χ4n) is 3.54. The molecule has 2 heterocycles. The smallest absolute Gasteiger partial charge is 0.243 e. The fraction of sp³-hybridized carbons (Fsp3) is 0.333. The highest BCUT2D eigenvalue weighted by atomic mass is 32.2. The van der Waals surface area contributed by atoms with E-state index in [1.54, 1.807) is 39.9 Å². The average Bonchev–Trinajstić information content (AvgIpc) is 3.08. The van der Waals surface area contributed by atoms with E-state index in [9.17, 15) is 13.2 Å². The van der Waals surface area contributed by atoms with E-state index in [1.165, 1.54) is 0 Å². The lowest BCUT2D eigenvalue weighted by Crippen LogP contribution is -2.35. The summed E-state index contributed by atoms with van der Waals surface area (Å²) >= 11 is 1.59. The Morgan fingerprint density at radius 2 is 1.83 bits per heavy atom. The first-order chi connectivity index (χ1) is 13.9. The van der Waals surface area contributed by atoms with Crippen LogP contribution in [0.25, 0.3) is 10.2 Å². The van der Waals surface area contributed by atoms with Gasteiger partial charge in [-0.2, -0.15) is 4.31 Å². The van der Waals surface area contributed by atoms with E-state index in [4.69, 9.17) is 0 Å². The van der Waals surface area contributed by atoms with Crippen LogP contribution in [0.15, 0.2) is 47.4 Å². The van der Waals surface area contributed by atoms with Crippen LogP contribution in [-0.2, 0) is 21.2 Å². The van der Waals surface area contributed by atoms with Crippen molar-refractivity contribution in [3.05, 3.63) is 53.0 Å². The Bertz CT molecular complexity index is 1130. The van der Waals surface area contributed by atoms with Gasteiger partial charge in [-0.1, -0.05) is 18.6 Å². The third kappa shape index (κ3) is 4.49. The first kappa shape index (κ1) is 20.0. The topological polar surface area (TPSA) is 79.4 Å². The molecule has 0 atom stereocenters. The molecule has 4 rings (SSSR count). The number of hydrogen-bond donors (Lipinski definition) is 1. The van der Waals surface area contributed by atoms with Crippen LogP contribution in [0.5, 0.6) is 0 Å². The van der Waals surface area contributed by atoms with Gasteiger partial charge in [0.1, 0.15) is 0 Å². The molecule has 1 aliphatic heterocycles. The van der Waals surface area contributed by atoms with Crippen molar-refractivity contribution < 1.29 is 13.2 Å². The second kappa shape index (κ2) is 8.22. The minimum atomic E-state index is -3.45. The van der Waals surface area contributed by atoms with Crippen LogP contribution < -0.4 is 5.32 Å². The first-order valence-corrected chi connectivity index (χ1v) is 11.9. The third-order valence-corrected chi connectivity index (χ3v) is 7.87. The number of thiazole rings is 1. The van der Waals surface area contributed by atoms with Crippen LogP contribution in [0, 0.1) is 6.92 Å². The van der Waals surface area contributed by atoms with Crippen LogP contribution in [0.4, 0.5) is 5.69 Å². The number of rotatable bonds is 5. The highest BCUT2D eigenvalue weighted by Gasteiger charge is 2.25. The average molecular weight is 430 g/mol. The first-order valence-electron chi connectivity index (χ1n) is 9.68. The molecule has 29 heavy (non-hydrogen) atoms. The molecule has 0 unspecified atom stereocenters. The Balaban J connectivity index is 1.41. The summed E-state index contributed by atoms with van der Waals surface area (Å²) in [6.07, 6.45) is 3.08. The number of carbonyl (C=O) groups is 1. The lowest BCUT2D eigenvalue weighted by molar-refractivity contribution is -0.115. The Morgan fingerprint density at radius 1 is 1.10 bits per heavy atom. The van der Waals surface area contributed by atoms with Crippen molar-refractivity contribution in [2.24, 2.45) is 0 Å². The Kier molecular flexibility index (Phi) is 5.67. The third-order valence-electron chi connectivity index (χ3n) is 5.02. The molecule has 0 spiro atoms. The van der Waals surface area contributed by atoms with Crippen LogP contribution in [0.3, 0.4) is 0 Å². The van der Waals surface area contributed by atoms with Crippen molar-refractivity contribution in [3.8, 4) is 0 Å². The summed E-state index contributed by atoms with van der Waals surface area (Å²) in [5.74, 6) is -0.141. The molecule has 0 saturated carbocycles. The quantitative estimate of drug-likeness (QED) is 0.666. The number of anilines is 1. The maximum Gasteiger partial charge on any atom is 0.243 e. The van der Waals surface area contributed by atoms with Gasteiger partial charge in [0, 0.05) is 18.8 Å². The number of hydrogen-bond acceptors (Lipinski definition) is 5. The molecule has 1 saturated heterocycles. The van der Waals surface area contributed by atoms with Gasteiger partial charge in [0.2, 0.25) is 15.9 Å². The van der Waals surface area contributed by atoms with E-state index in [-0.39, 0.29) is 17.2 Å². The van der Waals surface area contributed by atoms with Crippen LogP contribution in [0.1, 0.15) is 29.8 Å². The number of amides is 1. The number of carbonyl (C=O) groups excluding carboxylic acids is 1. The summed E-state index contributed by atoms with van der Waals surface area (Å²) in [5.41, 5.74) is 2.43. The lowest BCUT2D eigenvalue weighted by atomic mass is 10.1. The summed E-state index contributed by atoms with van der Waals surface area (Å²) in [7, 11) is -3.45. The summed E-state index contributed by atoms with van der Waals surface area (Å²) in [6.45, 7) is 3.12. The molecule has 1 fully saturated rings. The molecule has 0 bridgehead atoms. The van der Waals surface area contributed by atoms with Crippen molar-refractivity contribution in [1.29, 1.82) is 0 Å². The van der Waals surface area contributed by atoms with Gasteiger partial charge in [-0.05, 0) is 55.7 Å². The summed E-state index contributed by atoms with van der Waals surface area (Å²) in [5, 5.41) is 3.89. The molecule has 0 radical (unpaired) electrons. The molecule has 152 valence electrons. The Labute approximate surface area is 174 Å². The van der Waals surface area contributed by atoms with Gasteiger partial charge < -0.3 is 5.32 Å². The predicted octanol–water partition coefficient (Wildman–Crippen LogP) is 3.96. The van der Waals surface area contributed by atoms with Crippen molar-refractivity contribution in [2.75, 3.05) is 18.4 Å². The van der Waals surface area contributed by atoms with E-state index in [1.807, 2.05) is 25.1 Å². The summed E-state index contributed by atoms with van der Waals surface area (Å²) in [4.78, 5) is 17.1. The summed E-state index contributed by atoms with van der Waals surface area (Å²) in [6, 6.07) is 12.3. The largest absolute Gasteiger partial charge is 0.326 e. The molecule has 3 aromatic rings. The van der Waals surface area contributed by atoms with E-state index < -0.39 is 10.0 Å². The van der Waals surface area contributed by atoms with Crippen LogP contribution in [-0.4, -0.2) is 36.7 Å². The zero-order valence-corrected chi connectivity index (χ0v) is 17.9. The zero-order chi connectivity index (χ0) is 20.4. The van der Waals surface area contributed by atoms with Crippen LogP contribution in [0.2, 0.25) is 0 Å². The number of benzene rings is 2. The second-order valence-electron chi connectivity index (χ2n) is 7.25. The molecule has 6 nitrogen and oxygen atoms in total. The number of fused-ring (bicyclic) bond motifs is 1. The highest BCUT2D eigenvalue weighted by Crippen LogP contribution is 2.25. The van der Waals surface area contributed by atoms with Gasteiger partial charge in [-0.3, -0.25) is 4.79 Å². The molecule has 1 aromatic heterocycles. The van der Waals surface area contributed by atoms with Crippen molar-refractivity contribution in [2.45, 2.75) is 37.5 Å².